The second-order valence-corrected chi connectivity index (χ2v) is 7.39. The lowest BCUT2D eigenvalue weighted by atomic mass is 9.96. The Morgan fingerprint density at radius 2 is 2.00 bits per heavy atom. The number of hydrogen-bond donors (Lipinski definition) is 1. The molecule has 1 aliphatic rings. The summed E-state index contributed by atoms with van der Waals surface area (Å²) < 4.78 is 7.45. The summed E-state index contributed by atoms with van der Waals surface area (Å²) in [4.78, 5) is 19.1. The molecule has 6 nitrogen and oxygen atoms in total. The van der Waals surface area contributed by atoms with Gasteiger partial charge in [-0.1, -0.05) is 18.2 Å². The van der Waals surface area contributed by atoms with E-state index in [0.717, 1.165) is 49.4 Å². The Bertz CT molecular complexity index is 944. The molecular weight excluding hydrogens is 352 g/mol. The molecule has 2 aromatic carbocycles. The van der Waals surface area contributed by atoms with E-state index in [4.69, 9.17) is 4.74 Å². The van der Waals surface area contributed by atoms with E-state index in [0.29, 0.717) is 12.5 Å². The molecule has 1 N–H and O–H groups in total. The minimum Gasteiger partial charge on any atom is -0.497 e. The van der Waals surface area contributed by atoms with Crippen LogP contribution in [0.25, 0.3) is 11.0 Å². The van der Waals surface area contributed by atoms with Gasteiger partial charge in [-0.15, -0.1) is 0 Å². The molecule has 0 unspecified atom stereocenters. The third-order valence-electron chi connectivity index (χ3n) is 5.41. The van der Waals surface area contributed by atoms with E-state index in [2.05, 4.69) is 38.0 Å². The molecule has 2 heterocycles. The number of rotatable bonds is 6. The highest BCUT2D eigenvalue weighted by atomic mass is 16.5. The Balaban J connectivity index is 1.26. The van der Waals surface area contributed by atoms with Gasteiger partial charge in [0.2, 0.25) is 5.91 Å². The predicted molar refractivity (Wildman–Crippen MR) is 111 cm³/mol. The van der Waals surface area contributed by atoms with Crippen LogP contribution in [0.15, 0.2) is 54.9 Å². The zero-order valence-corrected chi connectivity index (χ0v) is 16.2. The molecule has 0 radical (unpaired) electrons. The normalized spacial score (nSPS) is 15.6. The molecule has 146 valence electrons. The molecule has 3 aromatic rings. The summed E-state index contributed by atoms with van der Waals surface area (Å²) in [6.07, 6.45) is 4.14. The minimum atomic E-state index is 0.0207. The standard InChI is InChI=1S/C22H26N4O2/c1-28-19-6-4-5-18(13-19)24-22(27)15-25-11-9-17(10-12-25)14-26-16-23-20-7-2-3-8-21(20)26/h2-8,13,16-17H,9-12,14-15H2,1H3,(H,24,27). The summed E-state index contributed by atoms with van der Waals surface area (Å²) in [5.74, 6) is 1.38. The smallest absolute Gasteiger partial charge is 0.238 e. The van der Waals surface area contributed by atoms with E-state index < -0.39 is 0 Å². The number of methoxy groups -OCH3 is 1. The van der Waals surface area contributed by atoms with E-state index in [1.807, 2.05) is 36.7 Å². The lowest BCUT2D eigenvalue weighted by molar-refractivity contribution is -0.117. The van der Waals surface area contributed by atoms with E-state index in [-0.39, 0.29) is 5.91 Å². The van der Waals surface area contributed by atoms with Crippen LogP contribution in [0.4, 0.5) is 5.69 Å². The number of carbonyl (C=O) groups is 1. The quantitative estimate of drug-likeness (QED) is 0.714. The van der Waals surface area contributed by atoms with Crippen molar-refractivity contribution in [2.45, 2.75) is 19.4 Å². The van der Waals surface area contributed by atoms with Crippen molar-refractivity contribution in [1.29, 1.82) is 0 Å². The van der Waals surface area contributed by atoms with Crippen molar-refractivity contribution < 1.29 is 9.53 Å². The number of amides is 1. The van der Waals surface area contributed by atoms with Gasteiger partial charge in [0, 0.05) is 18.3 Å². The number of fused-ring (bicyclic) bond motifs is 1. The van der Waals surface area contributed by atoms with Crippen LogP contribution < -0.4 is 10.1 Å². The summed E-state index contributed by atoms with van der Waals surface area (Å²) >= 11 is 0. The van der Waals surface area contributed by atoms with Gasteiger partial charge in [-0.05, 0) is 56.1 Å². The topological polar surface area (TPSA) is 59.4 Å². The van der Waals surface area contributed by atoms with Gasteiger partial charge < -0.3 is 14.6 Å². The number of anilines is 1. The third kappa shape index (κ3) is 4.34. The molecule has 1 saturated heterocycles. The fourth-order valence-corrected chi connectivity index (χ4v) is 3.87. The lowest BCUT2D eigenvalue weighted by Gasteiger charge is -2.31. The molecule has 1 aliphatic heterocycles. The van der Waals surface area contributed by atoms with Crippen molar-refractivity contribution in [2.24, 2.45) is 5.92 Å². The fourth-order valence-electron chi connectivity index (χ4n) is 3.87. The Morgan fingerprint density at radius 3 is 2.82 bits per heavy atom. The molecular formula is C22H26N4O2. The SMILES string of the molecule is COc1cccc(NC(=O)CN2CCC(Cn3cnc4ccccc43)CC2)c1. The second kappa shape index (κ2) is 8.44. The van der Waals surface area contributed by atoms with Crippen LogP contribution in [0.1, 0.15) is 12.8 Å². The first-order valence-electron chi connectivity index (χ1n) is 9.77. The number of imidazole rings is 1. The average Bonchev–Trinajstić information content (AvgIpc) is 3.12. The van der Waals surface area contributed by atoms with Crippen LogP contribution in [0.2, 0.25) is 0 Å². The van der Waals surface area contributed by atoms with Crippen molar-refractivity contribution in [2.75, 3.05) is 32.1 Å². The van der Waals surface area contributed by atoms with Crippen LogP contribution in [0, 0.1) is 5.92 Å². The largest absolute Gasteiger partial charge is 0.497 e. The first kappa shape index (κ1) is 18.5. The molecule has 1 amide bonds. The van der Waals surface area contributed by atoms with Crippen LogP contribution in [-0.4, -0.2) is 47.1 Å². The maximum absolute atomic E-state index is 12.4. The third-order valence-corrected chi connectivity index (χ3v) is 5.41. The van der Waals surface area contributed by atoms with Crippen LogP contribution in [0.5, 0.6) is 5.75 Å². The first-order valence-corrected chi connectivity index (χ1v) is 9.77. The number of nitrogens with one attached hydrogen (secondary N) is 1. The molecule has 0 saturated carbocycles. The number of ether oxygens (including phenoxy) is 1. The molecule has 0 atom stereocenters. The number of likely N-dealkylation sites (tertiary alicyclic amines) is 1. The monoisotopic (exact) mass is 378 g/mol. The Morgan fingerprint density at radius 1 is 1.18 bits per heavy atom. The maximum atomic E-state index is 12.4. The highest BCUT2D eigenvalue weighted by Gasteiger charge is 2.21. The number of hydrogen-bond acceptors (Lipinski definition) is 4. The first-order chi connectivity index (χ1) is 13.7. The zero-order valence-electron chi connectivity index (χ0n) is 16.2. The van der Waals surface area contributed by atoms with Gasteiger partial charge in [0.05, 0.1) is 31.0 Å². The summed E-state index contributed by atoms with van der Waals surface area (Å²) in [6, 6.07) is 15.7. The van der Waals surface area contributed by atoms with E-state index in [1.54, 1.807) is 7.11 Å². The van der Waals surface area contributed by atoms with Crippen molar-refractivity contribution >= 4 is 22.6 Å². The summed E-state index contributed by atoms with van der Waals surface area (Å²) in [6.45, 7) is 3.31. The van der Waals surface area contributed by atoms with Crippen LogP contribution >= 0.6 is 0 Å². The van der Waals surface area contributed by atoms with Gasteiger partial charge in [0.1, 0.15) is 5.75 Å². The average molecular weight is 378 g/mol. The molecule has 28 heavy (non-hydrogen) atoms. The van der Waals surface area contributed by atoms with Crippen molar-refractivity contribution in [3.63, 3.8) is 0 Å². The number of para-hydroxylation sites is 2. The predicted octanol–water partition coefficient (Wildman–Crippen LogP) is 3.40. The van der Waals surface area contributed by atoms with Gasteiger partial charge in [-0.3, -0.25) is 9.69 Å². The number of aromatic nitrogens is 2. The van der Waals surface area contributed by atoms with Crippen molar-refractivity contribution in [3.8, 4) is 5.75 Å². The Hall–Kier alpha value is -2.86. The number of benzene rings is 2. The number of carbonyl (C=O) groups excluding carboxylic acids is 1. The molecule has 1 aromatic heterocycles. The Labute approximate surface area is 165 Å². The summed E-state index contributed by atoms with van der Waals surface area (Å²) in [7, 11) is 1.62. The molecule has 1 fully saturated rings. The maximum Gasteiger partial charge on any atom is 0.238 e. The summed E-state index contributed by atoms with van der Waals surface area (Å²) in [5.41, 5.74) is 3.02. The molecule has 6 heteroatoms. The number of nitrogens with zero attached hydrogens (tertiary/aromatic N) is 3. The van der Waals surface area contributed by atoms with E-state index >= 15 is 0 Å². The highest BCUT2D eigenvalue weighted by molar-refractivity contribution is 5.92. The molecule has 0 spiro atoms. The van der Waals surface area contributed by atoms with Crippen LogP contribution in [0.3, 0.4) is 0 Å². The van der Waals surface area contributed by atoms with Gasteiger partial charge in [-0.2, -0.15) is 0 Å². The second-order valence-electron chi connectivity index (χ2n) is 7.39. The lowest BCUT2D eigenvalue weighted by Crippen LogP contribution is -2.39. The number of piperidine rings is 1. The minimum absolute atomic E-state index is 0.0207. The van der Waals surface area contributed by atoms with E-state index in [9.17, 15) is 4.79 Å². The van der Waals surface area contributed by atoms with Gasteiger partial charge >= 0.3 is 0 Å². The van der Waals surface area contributed by atoms with E-state index in [1.165, 1.54) is 5.52 Å². The highest BCUT2D eigenvalue weighted by Crippen LogP contribution is 2.22. The van der Waals surface area contributed by atoms with Crippen LogP contribution in [-0.2, 0) is 11.3 Å². The fraction of sp³-hybridized carbons (Fsp3) is 0.364. The van der Waals surface area contributed by atoms with Gasteiger partial charge in [-0.25, -0.2) is 4.98 Å². The van der Waals surface area contributed by atoms with Crippen molar-refractivity contribution in [3.05, 3.63) is 54.9 Å². The van der Waals surface area contributed by atoms with Crippen molar-refractivity contribution in [1.82, 2.24) is 14.5 Å². The Kier molecular flexibility index (Phi) is 5.58. The molecule has 0 aliphatic carbocycles. The summed E-state index contributed by atoms with van der Waals surface area (Å²) in [5, 5.41) is 2.96. The molecule has 4 rings (SSSR count). The molecule has 0 bridgehead atoms. The van der Waals surface area contributed by atoms with Gasteiger partial charge in [0.15, 0.2) is 0 Å². The zero-order chi connectivity index (χ0) is 19.3. The van der Waals surface area contributed by atoms with Gasteiger partial charge in [0.25, 0.3) is 0 Å².